The van der Waals surface area contributed by atoms with Gasteiger partial charge in [0.2, 0.25) is 0 Å². The molecular formula is C12H19ClN2O. The standard InChI is InChI=1S/C12H19ClN2O/c1-5-7-9-8-10(13)15-11(14-9)12(3,6-2)16-4/h8H,5-7H2,1-4H3. The summed E-state index contributed by atoms with van der Waals surface area (Å²) in [5.41, 5.74) is 0.530. The molecule has 1 heterocycles. The Bertz CT molecular complexity index is 351. The summed E-state index contributed by atoms with van der Waals surface area (Å²) in [6, 6.07) is 1.82. The minimum Gasteiger partial charge on any atom is -0.371 e. The molecule has 0 aliphatic carbocycles. The van der Waals surface area contributed by atoms with Crippen LogP contribution in [0.2, 0.25) is 5.15 Å². The van der Waals surface area contributed by atoms with Gasteiger partial charge in [-0.3, -0.25) is 0 Å². The Morgan fingerprint density at radius 2 is 2.06 bits per heavy atom. The van der Waals surface area contributed by atoms with Gasteiger partial charge in [0.15, 0.2) is 5.82 Å². The molecule has 0 fully saturated rings. The minimum absolute atomic E-state index is 0.451. The molecule has 0 saturated carbocycles. The number of aryl methyl sites for hydroxylation is 1. The number of hydrogen-bond donors (Lipinski definition) is 0. The normalized spacial score (nSPS) is 14.8. The smallest absolute Gasteiger partial charge is 0.161 e. The number of ether oxygens (including phenoxy) is 1. The summed E-state index contributed by atoms with van der Waals surface area (Å²) in [4.78, 5) is 8.78. The van der Waals surface area contributed by atoms with Crippen molar-refractivity contribution >= 4 is 11.6 Å². The summed E-state index contributed by atoms with van der Waals surface area (Å²) in [6.45, 7) is 6.15. The zero-order valence-electron chi connectivity index (χ0n) is 10.4. The molecule has 1 atom stereocenters. The van der Waals surface area contributed by atoms with E-state index in [4.69, 9.17) is 16.3 Å². The number of halogens is 1. The minimum atomic E-state index is -0.451. The van der Waals surface area contributed by atoms with Gasteiger partial charge in [-0.05, 0) is 25.8 Å². The number of nitrogens with zero attached hydrogens (tertiary/aromatic N) is 2. The van der Waals surface area contributed by atoms with E-state index < -0.39 is 5.60 Å². The molecule has 1 aromatic rings. The van der Waals surface area contributed by atoms with Gasteiger partial charge >= 0.3 is 0 Å². The fourth-order valence-electron chi connectivity index (χ4n) is 1.48. The zero-order valence-corrected chi connectivity index (χ0v) is 11.1. The van der Waals surface area contributed by atoms with Crippen LogP contribution in [0.1, 0.15) is 45.1 Å². The summed E-state index contributed by atoms with van der Waals surface area (Å²) in [5, 5.41) is 0.491. The van der Waals surface area contributed by atoms with Crippen LogP contribution in [0.15, 0.2) is 6.07 Å². The summed E-state index contributed by atoms with van der Waals surface area (Å²) < 4.78 is 5.48. The molecule has 0 amide bonds. The molecular weight excluding hydrogens is 224 g/mol. The fourth-order valence-corrected chi connectivity index (χ4v) is 1.68. The largest absolute Gasteiger partial charge is 0.371 e. The van der Waals surface area contributed by atoms with E-state index in [1.165, 1.54) is 0 Å². The summed E-state index contributed by atoms with van der Waals surface area (Å²) in [6.07, 6.45) is 2.77. The molecule has 1 unspecified atom stereocenters. The van der Waals surface area contributed by atoms with Crippen LogP contribution in [0.25, 0.3) is 0 Å². The lowest BCUT2D eigenvalue weighted by Gasteiger charge is -2.25. The van der Waals surface area contributed by atoms with Crippen molar-refractivity contribution in [2.75, 3.05) is 7.11 Å². The summed E-state index contributed by atoms with van der Waals surface area (Å²) >= 11 is 6.00. The van der Waals surface area contributed by atoms with Crippen molar-refractivity contribution in [3.8, 4) is 0 Å². The first-order valence-corrected chi connectivity index (χ1v) is 6.02. The molecule has 0 aliphatic rings. The maximum absolute atomic E-state index is 6.00. The van der Waals surface area contributed by atoms with Crippen molar-refractivity contribution in [3.63, 3.8) is 0 Å². The molecule has 0 radical (unpaired) electrons. The van der Waals surface area contributed by atoms with E-state index in [9.17, 15) is 0 Å². The van der Waals surface area contributed by atoms with Crippen molar-refractivity contribution in [2.45, 2.75) is 45.6 Å². The maximum Gasteiger partial charge on any atom is 0.161 e. The highest BCUT2D eigenvalue weighted by atomic mass is 35.5. The third-order valence-electron chi connectivity index (χ3n) is 2.85. The second kappa shape index (κ2) is 5.60. The second-order valence-electron chi connectivity index (χ2n) is 4.04. The molecule has 0 bridgehead atoms. The molecule has 4 heteroatoms. The second-order valence-corrected chi connectivity index (χ2v) is 4.43. The molecule has 1 aromatic heterocycles. The zero-order chi connectivity index (χ0) is 12.2. The van der Waals surface area contributed by atoms with Crippen molar-refractivity contribution < 1.29 is 4.74 Å². The Morgan fingerprint density at radius 3 is 2.56 bits per heavy atom. The predicted molar refractivity (Wildman–Crippen MR) is 65.7 cm³/mol. The molecule has 0 saturated heterocycles. The Hall–Kier alpha value is -0.670. The SMILES string of the molecule is CCCc1cc(Cl)nc(C(C)(CC)OC)n1. The Balaban J connectivity index is 3.12. The lowest BCUT2D eigenvalue weighted by Crippen LogP contribution is -2.26. The molecule has 0 aliphatic heterocycles. The van der Waals surface area contributed by atoms with Crippen LogP contribution in [0.4, 0.5) is 0 Å². The average molecular weight is 243 g/mol. The fraction of sp³-hybridized carbons (Fsp3) is 0.667. The molecule has 0 spiro atoms. The molecule has 1 rings (SSSR count). The number of hydrogen-bond acceptors (Lipinski definition) is 3. The van der Waals surface area contributed by atoms with Gasteiger partial charge in [0.1, 0.15) is 10.8 Å². The van der Waals surface area contributed by atoms with E-state index in [0.29, 0.717) is 11.0 Å². The van der Waals surface area contributed by atoms with Crippen LogP contribution in [0.5, 0.6) is 0 Å². The van der Waals surface area contributed by atoms with E-state index in [1.54, 1.807) is 7.11 Å². The van der Waals surface area contributed by atoms with Gasteiger partial charge < -0.3 is 4.74 Å². The Labute approximate surface area is 102 Å². The van der Waals surface area contributed by atoms with E-state index in [1.807, 2.05) is 19.9 Å². The van der Waals surface area contributed by atoms with Gasteiger partial charge in [0, 0.05) is 12.8 Å². The van der Waals surface area contributed by atoms with Crippen molar-refractivity contribution in [2.24, 2.45) is 0 Å². The van der Waals surface area contributed by atoms with E-state index in [2.05, 4.69) is 16.9 Å². The van der Waals surface area contributed by atoms with Crippen LogP contribution < -0.4 is 0 Å². The first-order chi connectivity index (χ1) is 7.55. The highest BCUT2D eigenvalue weighted by Crippen LogP contribution is 2.26. The van der Waals surface area contributed by atoms with Crippen LogP contribution in [0, 0.1) is 0 Å². The topological polar surface area (TPSA) is 35.0 Å². The molecule has 3 nitrogen and oxygen atoms in total. The third-order valence-corrected chi connectivity index (χ3v) is 3.05. The van der Waals surface area contributed by atoms with Gasteiger partial charge in [-0.2, -0.15) is 0 Å². The molecule has 0 N–H and O–H groups in total. The van der Waals surface area contributed by atoms with Crippen molar-refractivity contribution in [3.05, 3.63) is 22.7 Å². The first-order valence-electron chi connectivity index (χ1n) is 5.64. The van der Waals surface area contributed by atoms with Crippen LogP contribution in [0.3, 0.4) is 0 Å². The number of methoxy groups -OCH3 is 1. The van der Waals surface area contributed by atoms with Crippen LogP contribution >= 0.6 is 11.6 Å². The molecule has 0 aromatic carbocycles. The summed E-state index contributed by atoms with van der Waals surface area (Å²) in [5.74, 6) is 0.674. The average Bonchev–Trinajstić information content (AvgIpc) is 2.27. The van der Waals surface area contributed by atoms with E-state index in [0.717, 1.165) is 25.0 Å². The van der Waals surface area contributed by atoms with Crippen molar-refractivity contribution in [1.82, 2.24) is 9.97 Å². The van der Waals surface area contributed by atoms with Gasteiger partial charge in [-0.25, -0.2) is 9.97 Å². The quantitative estimate of drug-likeness (QED) is 0.743. The highest BCUT2D eigenvalue weighted by Gasteiger charge is 2.28. The van der Waals surface area contributed by atoms with Crippen molar-refractivity contribution in [1.29, 1.82) is 0 Å². The lowest BCUT2D eigenvalue weighted by atomic mass is 10.0. The number of rotatable bonds is 5. The van der Waals surface area contributed by atoms with Crippen LogP contribution in [-0.2, 0) is 16.8 Å². The third kappa shape index (κ3) is 2.92. The van der Waals surface area contributed by atoms with Gasteiger partial charge in [-0.1, -0.05) is 31.9 Å². The van der Waals surface area contributed by atoms with E-state index in [-0.39, 0.29) is 0 Å². The Kier molecular flexibility index (Phi) is 4.69. The predicted octanol–water partition coefficient (Wildman–Crippen LogP) is 3.35. The van der Waals surface area contributed by atoms with Gasteiger partial charge in [0.05, 0.1) is 0 Å². The lowest BCUT2D eigenvalue weighted by molar-refractivity contribution is -0.00914. The maximum atomic E-state index is 6.00. The van der Waals surface area contributed by atoms with Crippen LogP contribution in [-0.4, -0.2) is 17.1 Å². The van der Waals surface area contributed by atoms with Gasteiger partial charge in [-0.15, -0.1) is 0 Å². The van der Waals surface area contributed by atoms with E-state index >= 15 is 0 Å². The Morgan fingerprint density at radius 1 is 1.38 bits per heavy atom. The number of aromatic nitrogens is 2. The monoisotopic (exact) mass is 242 g/mol. The first kappa shape index (κ1) is 13.4. The molecule has 16 heavy (non-hydrogen) atoms. The highest BCUT2D eigenvalue weighted by molar-refractivity contribution is 6.29. The molecule has 90 valence electrons. The summed E-state index contributed by atoms with van der Waals surface area (Å²) in [7, 11) is 1.67. The van der Waals surface area contributed by atoms with Gasteiger partial charge in [0.25, 0.3) is 0 Å².